The number of imidazole rings is 1. The minimum atomic E-state index is -5.06. The SMILES string of the molecule is Cc1ccc2nc(-c3ccccc3[B-](F)(F)F)[nH]c2c1. The second-order valence-corrected chi connectivity index (χ2v) is 4.77. The molecular formula is C14H11BF3N2-. The van der Waals surface area contributed by atoms with E-state index in [9.17, 15) is 12.9 Å². The summed E-state index contributed by atoms with van der Waals surface area (Å²) in [5.41, 5.74) is 1.90. The highest BCUT2D eigenvalue weighted by atomic mass is 19.4. The van der Waals surface area contributed by atoms with Crippen LogP contribution in [-0.4, -0.2) is 16.9 Å². The lowest BCUT2D eigenvalue weighted by atomic mass is 9.76. The van der Waals surface area contributed by atoms with E-state index < -0.39 is 12.4 Å². The number of aromatic amines is 1. The highest BCUT2D eigenvalue weighted by Gasteiger charge is 2.29. The van der Waals surface area contributed by atoms with Crippen molar-refractivity contribution in [2.75, 3.05) is 0 Å². The van der Waals surface area contributed by atoms with Crippen LogP contribution in [0, 0.1) is 6.92 Å². The van der Waals surface area contributed by atoms with Crippen molar-refractivity contribution >= 4 is 23.5 Å². The highest BCUT2D eigenvalue weighted by molar-refractivity contribution is 6.74. The smallest absolute Gasteiger partial charge is 0.445 e. The molecule has 20 heavy (non-hydrogen) atoms. The van der Waals surface area contributed by atoms with E-state index in [1.807, 2.05) is 19.1 Å². The molecule has 0 saturated carbocycles. The standard InChI is InChI=1S/C14H11BF3N2/c1-9-6-7-12-13(8-9)20-14(19-12)10-4-2-3-5-11(10)15(16,17)18/h2-8H,1H3,(H,19,20)/q-1. The minimum Gasteiger partial charge on any atom is -0.445 e. The number of benzene rings is 2. The van der Waals surface area contributed by atoms with Gasteiger partial charge >= 0.3 is 6.98 Å². The summed E-state index contributed by atoms with van der Waals surface area (Å²) in [6, 6.07) is 11.1. The van der Waals surface area contributed by atoms with Crippen molar-refractivity contribution in [1.82, 2.24) is 9.97 Å². The Morgan fingerprint density at radius 1 is 1.05 bits per heavy atom. The van der Waals surface area contributed by atoms with Crippen molar-refractivity contribution in [2.45, 2.75) is 6.92 Å². The maximum atomic E-state index is 13.1. The summed E-state index contributed by atoms with van der Waals surface area (Å²) in [4.78, 5) is 7.22. The number of rotatable bonds is 2. The third-order valence-electron chi connectivity index (χ3n) is 3.21. The summed E-state index contributed by atoms with van der Waals surface area (Å²) < 4.78 is 39.2. The van der Waals surface area contributed by atoms with E-state index in [4.69, 9.17) is 0 Å². The van der Waals surface area contributed by atoms with Crippen LogP contribution in [0.15, 0.2) is 42.5 Å². The number of fused-ring (bicyclic) bond motifs is 1. The Bertz CT molecular complexity index is 777. The van der Waals surface area contributed by atoms with Gasteiger partial charge in [-0.1, -0.05) is 35.8 Å². The fourth-order valence-corrected chi connectivity index (χ4v) is 2.25. The molecule has 3 aromatic rings. The molecule has 0 bridgehead atoms. The minimum absolute atomic E-state index is 0.0915. The van der Waals surface area contributed by atoms with Gasteiger partial charge in [-0.05, 0) is 30.2 Å². The van der Waals surface area contributed by atoms with Crippen LogP contribution >= 0.6 is 0 Å². The van der Waals surface area contributed by atoms with E-state index in [-0.39, 0.29) is 11.4 Å². The van der Waals surface area contributed by atoms with Gasteiger partial charge in [0.05, 0.1) is 11.0 Å². The second-order valence-electron chi connectivity index (χ2n) is 4.77. The molecule has 0 radical (unpaired) electrons. The predicted molar refractivity (Wildman–Crippen MR) is 75.0 cm³/mol. The van der Waals surface area contributed by atoms with Crippen molar-refractivity contribution < 1.29 is 12.9 Å². The topological polar surface area (TPSA) is 28.7 Å². The third kappa shape index (κ3) is 2.17. The Labute approximate surface area is 113 Å². The average Bonchev–Trinajstić information content (AvgIpc) is 2.80. The lowest BCUT2D eigenvalue weighted by Crippen LogP contribution is -2.35. The molecule has 1 heterocycles. The Balaban J connectivity index is 2.21. The number of nitrogens with one attached hydrogen (secondary N) is 1. The van der Waals surface area contributed by atoms with E-state index in [1.54, 1.807) is 12.1 Å². The number of halogens is 3. The lowest BCUT2D eigenvalue weighted by molar-refractivity contribution is 0.501. The predicted octanol–water partition coefficient (Wildman–Crippen LogP) is 3.59. The molecule has 2 aromatic carbocycles. The molecule has 6 heteroatoms. The van der Waals surface area contributed by atoms with Gasteiger partial charge in [0.25, 0.3) is 0 Å². The number of hydrogen-bond acceptors (Lipinski definition) is 1. The van der Waals surface area contributed by atoms with Crippen LogP contribution in [0.4, 0.5) is 12.9 Å². The molecular weight excluding hydrogens is 264 g/mol. The first-order valence-corrected chi connectivity index (χ1v) is 6.21. The molecule has 0 aliphatic rings. The fourth-order valence-electron chi connectivity index (χ4n) is 2.25. The van der Waals surface area contributed by atoms with Crippen LogP contribution in [0.5, 0.6) is 0 Å². The zero-order valence-corrected chi connectivity index (χ0v) is 10.7. The molecule has 0 spiro atoms. The molecule has 0 saturated heterocycles. The van der Waals surface area contributed by atoms with Gasteiger partial charge in [0, 0.05) is 0 Å². The van der Waals surface area contributed by atoms with Gasteiger partial charge < -0.3 is 17.9 Å². The van der Waals surface area contributed by atoms with Crippen molar-refractivity contribution in [2.24, 2.45) is 0 Å². The average molecular weight is 275 g/mol. The quantitative estimate of drug-likeness (QED) is 0.711. The summed E-state index contributed by atoms with van der Waals surface area (Å²) in [6.07, 6.45) is 0. The summed E-state index contributed by atoms with van der Waals surface area (Å²) in [5.74, 6) is 0.250. The molecule has 0 aliphatic carbocycles. The lowest BCUT2D eigenvalue weighted by Gasteiger charge is -2.18. The zero-order valence-electron chi connectivity index (χ0n) is 10.7. The van der Waals surface area contributed by atoms with E-state index in [2.05, 4.69) is 9.97 Å². The summed E-state index contributed by atoms with van der Waals surface area (Å²) >= 11 is 0. The number of hydrogen-bond donors (Lipinski definition) is 1. The Morgan fingerprint density at radius 2 is 1.80 bits per heavy atom. The molecule has 0 amide bonds. The summed E-state index contributed by atoms with van der Waals surface area (Å²) in [6.45, 7) is -3.14. The van der Waals surface area contributed by atoms with Crippen LogP contribution in [0.2, 0.25) is 0 Å². The van der Waals surface area contributed by atoms with Crippen molar-refractivity contribution in [3.63, 3.8) is 0 Å². The van der Waals surface area contributed by atoms with Gasteiger partial charge in [0.15, 0.2) is 0 Å². The number of aromatic nitrogens is 2. The van der Waals surface area contributed by atoms with E-state index >= 15 is 0 Å². The van der Waals surface area contributed by atoms with Gasteiger partial charge in [-0.2, -0.15) is 0 Å². The van der Waals surface area contributed by atoms with Crippen LogP contribution < -0.4 is 5.46 Å². The van der Waals surface area contributed by atoms with Crippen LogP contribution in [0.1, 0.15) is 5.56 Å². The normalized spacial score (nSPS) is 12.0. The number of aryl methyl sites for hydroxylation is 1. The van der Waals surface area contributed by atoms with Gasteiger partial charge in [0.1, 0.15) is 5.82 Å². The molecule has 0 fully saturated rings. The van der Waals surface area contributed by atoms with Crippen molar-refractivity contribution in [3.05, 3.63) is 48.0 Å². The third-order valence-corrected chi connectivity index (χ3v) is 3.21. The first kappa shape index (κ1) is 12.8. The first-order valence-electron chi connectivity index (χ1n) is 6.21. The van der Waals surface area contributed by atoms with Crippen LogP contribution in [-0.2, 0) is 0 Å². The van der Waals surface area contributed by atoms with Gasteiger partial charge in [-0.3, -0.25) is 0 Å². The molecule has 1 aromatic heterocycles. The summed E-state index contributed by atoms with van der Waals surface area (Å²) in [5, 5.41) is 0. The maximum absolute atomic E-state index is 13.1. The number of H-pyrrole nitrogens is 1. The molecule has 1 N–H and O–H groups in total. The largest absolute Gasteiger partial charge is 0.510 e. The van der Waals surface area contributed by atoms with Gasteiger partial charge in [-0.25, -0.2) is 4.98 Å². The molecule has 0 unspecified atom stereocenters. The van der Waals surface area contributed by atoms with E-state index in [1.165, 1.54) is 12.1 Å². The monoisotopic (exact) mass is 275 g/mol. The van der Waals surface area contributed by atoms with E-state index in [0.29, 0.717) is 5.52 Å². The molecule has 3 rings (SSSR count). The maximum Gasteiger partial charge on any atom is 0.510 e. The molecule has 0 atom stereocenters. The fraction of sp³-hybridized carbons (Fsp3) is 0.0714. The van der Waals surface area contributed by atoms with Crippen LogP contribution in [0.3, 0.4) is 0 Å². The van der Waals surface area contributed by atoms with Crippen molar-refractivity contribution in [1.29, 1.82) is 0 Å². The van der Waals surface area contributed by atoms with Gasteiger partial charge in [0.2, 0.25) is 0 Å². The zero-order chi connectivity index (χ0) is 14.3. The summed E-state index contributed by atoms with van der Waals surface area (Å²) in [7, 11) is 0. The molecule has 102 valence electrons. The Hall–Kier alpha value is -2.24. The highest BCUT2D eigenvalue weighted by Crippen LogP contribution is 2.23. The number of nitrogens with zero attached hydrogens (tertiary/aromatic N) is 1. The Kier molecular flexibility index (Phi) is 2.81. The molecule has 2 nitrogen and oxygen atoms in total. The van der Waals surface area contributed by atoms with Gasteiger partial charge in [-0.15, -0.1) is 0 Å². The Morgan fingerprint density at radius 3 is 2.55 bits per heavy atom. The van der Waals surface area contributed by atoms with Crippen LogP contribution in [0.25, 0.3) is 22.4 Å². The van der Waals surface area contributed by atoms with E-state index in [0.717, 1.165) is 17.1 Å². The van der Waals surface area contributed by atoms with Crippen molar-refractivity contribution in [3.8, 4) is 11.4 Å². The molecule has 0 aliphatic heterocycles. The first-order chi connectivity index (χ1) is 9.45. The second kappa shape index (κ2) is 4.40.